The second-order valence-electron chi connectivity index (χ2n) is 3.92. The Morgan fingerprint density at radius 2 is 2.00 bits per heavy atom. The van der Waals surface area contributed by atoms with Gasteiger partial charge in [0.05, 0.1) is 18.6 Å². The van der Waals surface area contributed by atoms with E-state index in [0.717, 1.165) is 12.2 Å². The van der Waals surface area contributed by atoms with Crippen molar-refractivity contribution in [1.82, 2.24) is 4.90 Å². The van der Waals surface area contributed by atoms with Crippen molar-refractivity contribution in [1.29, 1.82) is 0 Å². The fraction of sp³-hybridized carbons (Fsp3) is 0.385. The van der Waals surface area contributed by atoms with Crippen molar-refractivity contribution in [2.45, 2.75) is 13.3 Å². The summed E-state index contributed by atoms with van der Waals surface area (Å²) in [6, 6.07) is 7.00. The largest absolute Gasteiger partial charge is 0.497 e. The van der Waals surface area contributed by atoms with Gasteiger partial charge in [0, 0.05) is 12.1 Å². The summed E-state index contributed by atoms with van der Waals surface area (Å²) in [6.45, 7) is 2.96. The lowest BCUT2D eigenvalue weighted by Crippen LogP contribution is -2.38. The molecule has 98 valence electrons. The Morgan fingerprint density at radius 1 is 1.39 bits per heavy atom. The van der Waals surface area contributed by atoms with Crippen molar-refractivity contribution in [3.05, 3.63) is 29.8 Å². The molecule has 1 amide bonds. The maximum atomic E-state index is 12.2. The smallest absolute Gasteiger partial charge is 0.254 e. The molecule has 1 aromatic rings. The molecule has 0 radical (unpaired) electrons. The van der Waals surface area contributed by atoms with Crippen LogP contribution in [0.15, 0.2) is 24.3 Å². The number of carbonyl (C=O) groups excluding carboxylic acids is 1. The van der Waals surface area contributed by atoms with Crippen molar-refractivity contribution in [2.75, 3.05) is 20.2 Å². The molecule has 0 saturated heterocycles. The molecule has 2 N–H and O–H groups in total. The molecule has 0 unspecified atom stereocenters. The van der Waals surface area contributed by atoms with E-state index >= 15 is 0 Å². The highest BCUT2D eigenvalue weighted by Crippen LogP contribution is 2.13. The van der Waals surface area contributed by atoms with Gasteiger partial charge in [0.15, 0.2) is 0 Å². The monoisotopic (exact) mass is 266 g/mol. The summed E-state index contributed by atoms with van der Waals surface area (Å²) in [5, 5.41) is 0. The van der Waals surface area contributed by atoms with Gasteiger partial charge in [0.1, 0.15) is 5.75 Å². The molecule has 0 aliphatic rings. The molecule has 5 heteroatoms. The van der Waals surface area contributed by atoms with E-state index in [2.05, 4.69) is 0 Å². The molecular formula is C13H18N2O2S. The van der Waals surface area contributed by atoms with E-state index in [1.807, 2.05) is 6.92 Å². The number of hydrogen-bond donors (Lipinski definition) is 1. The Hall–Kier alpha value is -1.62. The summed E-state index contributed by atoms with van der Waals surface area (Å²) in [5.41, 5.74) is 6.11. The van der Waals surface area contributed by atoms with Crippen LogP contribution < -0.4 is 10.5 Å². The summed E-state index contributed by atoms with van der Waals surface area (Å²) in [4.78, 5) is 14.2. The van der Waals surface area contributed by atoms with Gasteiger partial charge < -0.3 is 15.4 Å². The molecular weight excluding hydrogens is 248 g/mol. The number of carbonyl (C=O) groups is 1. The second kappa shape index (κ2) is 6.96. The predicted molar refractivity (Wildman–Crippen MR) is 76.0 cm³/mol. The molecule has 0 aliphatic carbocycles. The van der Waals surface area contributed by atoms with Crippen molar-refractivity contribution in [3.63, 3.8) is 0 Å². The standard InChI is InChI=1S/C13H18N2O2S/c1-3-8-15(9-12(14)18)13(16)10-4-6-11(17-2)7-5-10/h4-7H,3,8-9H2,1-2H3,(H2,14,18). The topological polar surface area (TPSA) is 55.6 Å². The van der Waals surface area contributed by atoms with Crippen LogP contribution in [0.1, 0.15) is 23.7 Å². The Labute approximate surface area is 113 Å². The quantitative estimate of drug-likeness (QED) is 0.798. The van der Waals surface area contributed by atoms with Gasteiger partial charge in [-0.25, -0.2) is 0 Å². The number of ether oxygens (including phenoxy) is 1. The maximum Gasteiger partial charge on any atom is 0.254 e. The van der Waals surface area contributed by atoms with Gasteiger partial charge in [-0.3, -0.25) is 4.79 Å². The Balaban J connectivity index is 2.83. The average Bonchev–Trinajstić information content (AvgIpc) is 2.37. The molecule has 0 saturated carbocycles. The first-order valence-corrected chi connectivity index (χ1v) is 6.21. The second-order valence-corrected chi connectivity index (χ2v) is 4.45. The van der Waals surface area contributed by atoms with Gasteiger partial charge in [-0.05, 0) is 30.7 Å². The van der Waals surface area contributed by atoms with Crippen LogP contribution in [-0.2, 0) is 0 Å². The van der Waals surface area contributed by atoms with E-state index < -0.39 is 0 Å². The summed E-state index contributed by atoms with van der Waals surface area (Å²) >= 11 is 4.86. The minimum absolute atomic E-state index is 0.0627. The van der Waals surface area contributed by atoms with Crippen molar-refractivity contribution in [3.8, 4) is 5.75 Å². The number of rotatable bonds is 6. The molecule has 1 aromatic carbocycles. The molecule has 0 heterocycles. The highest BCUT2D eigenvalue weighted by molar-refractivity contribution is 7.80. The molecule has 0 aliphatic heterocycles. The van der Waals surface area contributed by atoms with Gasteiger partial charge in [-0.2, -0.15) is 0 Å². The van der Waals surface area contributed by atoms with E-state index in [1.54, 1.807) is 36.3 Å². The third-order valence-corrected chi connectivity index (χ3v) is 2.59. The van der Waals surface area contributed by atoms with Crippen molar-refractivity contribution >= 4 is 23.1 Å². The van der Waals surface area contributed by atoms with Crippen LogP contribution in [0, 0.1) is 0 Å². The minimum atomic E-state index is -0.0627. The normalized spacial score (nSPS) is 9.89. The van der Waals surface area contributed by atoms with Crippen LogP contribution in [0.5, 0.6) is 5.75 Å². The zero-order chi connectivity index (χ0) is 13.5. The molecule has 0 fully saturated rings. The van der Waals surface area contributed by atoms with E-state index in [1.165, 1.54) is 0 Å². The first-order valence-electron chi connectivity index (χ1n) is 5.80. The summed E-state index contributed by atoms with van der Waals surface area (Å²) in [5.74, 6) is 0.662. The summed E-state index contributed by atoms with van der Waals surface area (Å²) in [6.07, 6.45) is 0.866. The van der Waals surface area contributed by atoms with Crippen LogP contribution in [0.4, 0.5) is 0 Å². The van der Waals surface area contributed by atoms with E-state index in [9.17, 15) is 4.79 Å². The highest BCUT2D eigenvalue weighted by Gasteiger charge is 2.15. The van der Waals surface area contributed by atoms with Crippen LogP contribution >= 0.6 is 12.2 Å². The zero-order valence-corrected chi connectivity index (χ0v) is 11.5. The fourth-order valence-corrected chi connectivity index (χ4v) is 1.78. The zero-order valence-electron chi connectivity index (χ0n) is 10.7. The molecule has 0 aromatic heterocycles. The number of hydrogen-bond acceptors (Lipinski definition) is 3. The Kier molecular flexibility index (Phi) is 5.58. The van der Waals surface area contributed by atoms with Gasteiger partial charge in [-0.15, -0.1) is 0 Å². The van der Waals surface area contributed by atoms with E-state index in [0.29, 0.717) is 23.6 Å². The van der Waals surface area contributed by atoms with Crippen LogP contribution in [0.25, 0.3) is 0 Å². The molecule has 18 heavy (non-hydrogen) atoms. The predicted octanol–water partition coefficient (Wildman–Crippen LogP) is 1.83. The Morgan fingerprint density at radius 3 is 2.44 bits per heavy atom. The minimum Gasteiger partial charge on any atom is -0.497 e. The van der Waals surface area contributed by atoms with Gasteiger partial charge in [0.2, 0.25) is 0 Å². The fourth-order valence-electron chi connectivity index (χ4n) is 1.63. The summed E-state index contributed by atoms with van der Waals surface area (Å²) < 4.78 is 5.06. The van der Waals surface area contributed by atoms with Crippen molar-refractivity contribution < 1.29 is 9.53 Å². The number of nitrogens with zero attached hydrogens (tertiary/aromatic N) is 1. The third kappa shape index (κ3) is 4.00. The van der Waals surface area contributed by atoms with Crippen LogP contribution in [0.2, 0.25) is 0 Å². The highest BCUT2D eigenvalue weighted by atomic mass is 32.1. The van der Waals surface area contributed by atoms with Gasteiger partial charge in [0.25, 0.3) is 5.91 Å². The molecule has 0 spiro atoms. The number of methoxy groups -OCH3 is 1. The first-order chi connectivity index (χ1) is 8.58. The number of thiocarbonyl (C=S) groups is 1. The lowest BCUT2D eigenvalue weighted by atomic mass is 10.2. The number of nitrogens with two attached hydrogens (primary N) is 1. The Bertz CT molecular complexity index is 418. The van der Waals surface area contributed by atoms with Crippen LogP contribution in [-0.4, -0.2) is 36.0 Å². The lowest BCUT2D eigenvalue weighted by molar-refractivity contribution is 0.0780. The lowest BCUT2D eigenvalue weighted by Gasteiger charge is -2.21. The maximum absolute atomic E-state index is 12.2. The first kappa shape index (κ1) is 14.4. The van der Waals surface area contributed by atoms with Crippen LogP contribution in [0.3, 0.4) is 0 Å². The SMILES string of the molecule is CCCN(CC(N)=S)C(=O)c1ccc(OC)cc1. The van der Waals surface area contributed by atoms with Crippen molar-refractivity contribution in [2.24, 2.45) is 5.73 Å². The summed E-state index contributed by atoms with van der Waals surface area (Å²) in [7, 11) is 1.59. The average molecular weight is 266 g/mol. The molecule has 1 rings (SSSR count). The number of benzene rings is 1. The van der Waals surface area contributed by atoms with E-state index in [4.69, 9.17) is 22.7 Å². The van der Waals surface area contributed by atoms with Gasteiger partial charge in [-0.1, -0.05) is 19.1 Å². The van der Waals surface area contributed by atoms with Gasteiger partial charge >= 0.3 is 0 Å². The third-order valence-electron chi connectivity index (χ3n) is 2.46. The van der Waals surface area contributed by atoms with E-state index in [-0.39, 0.29) is 5.91 Å². The molecule has 0 atom stereocenters. The molecule has 0 bridgehead atoms. The number of amides is 1. The molecule has 4 nitrogen and oxygen atoms in total.